The number of nitrogen functional groups attached to an aromatic ring is 1. The van der Waals surface area contributed by atoms with E-state index in [9.17, 15) is 20.2 Å². The quantitative estimate of drug-likeness (QED) is 0.513. The molecule has 0 atom stereocenters. The highest BCUT2D eigenvalue weighted by atomic mass is 16.6. The molecule has 0 aliphatic heterocycles. The van der Waals surface area contributed by atoms with Crippen LogP contribution in [-0.2, 0) is 6.61 Å². The minimum Gasteiger partial charge on any atom is -0.482 e. The normalized spacial score (nSPS) is 10.1. The summed E-state index contributed by atoms with van der Waals surface area (Å²) in [5.74, 6) is 0.124. The van der Waals surface area contributed by atoms with Crippen LogP contribution in [0.25, 0.3) is 0 Å². The summed E-state index contributed by atoms with van der Waals surface area (Å²) in [6.45, 7) is 0.0209. The summed E-state index contributed by atoms with van der Waals surface area (Å²) in [6, 6.07) is 10.1. The summed E-state index contributed by atoms with van der Waals surface area (Å²) in [6.07, 6.45) is 0. The van der Waals surface area contributed by atoms with E-state index in [1.165, 1.54) is 36.4 Å². The van der Waals surface area contributed by atoms with Gasteiger partial charge in [-0.1, -0.05) is 12.1 Å². The van der Waals surface area contributed by atoms with Gasteiger partial charge in [-0.15, -0.1) is 0 Å². The molecule has 2 aromatic carbocycles. The average molecular weight is 289 g/mol. The van der Waals surface area contributed by atoms with Crippen molar-refractivity contribution in [2.24, 2.45) is 0 Å². The third-order valence-corrected chi connectivity index (χ3v) is 2.74. The Morgan fingerprint density at radius 3 is 2.29 bits per heavy atom. The standard InChI is InChI=1S/C13H11N3O5/c14-10-7-9(5-6-11(10)15(17)18)8-21-13-4-2-1-3-12(13)16(19)20/h1-7H,8,14H2. The zero-order chi connectivity index (χ0) is 15.4. The van der Waals surface area contributed by atoms with E-state index < -0.39 is 9.85 Å². The van der Waals surface area contributed by atoms with Crippen molar-refractivity contribution < 1.29 is 14.6 Å². The number of nitrogens with two attached hydrogens (primary N) is 1. The molecule has 0 radical (unpaired) electrons. The van der Waals surface area contributed by atoms with E-state index in [2.05, 4.69) is 0 Å². The van der Waals surface area contributed by atoms with Gasteiger partial charge in [0.1, 0.15) is 12.3 Å². The van der Waals surface area contributed by atoms with Crippen LogP contribution in [0, 0.1) is 20.2 Å². The van der Waals surface area contributed by atoms with Gasteiger partial charge in [0.05, 0.1) is 9.85 Å². The summed E-state index contributed by atoms with van der Waals surface area (Å²) >= 11 is 0. The third-order valence-electron chi connectivity index (χ3n) is 2.74. The van der Waals surface area contributed by atoms with Crippen molar-refractivity contribution in [2.45, 2.75) is 6.61 Å². The highest BCUT2D eigenvalue weighted by Crippen LogP contribution is 2.28. The van der Waals surface area contributed by atoms with Gasteiger partial charge >= 0.3 is 5.69 Å². The number of anilines is 1. The molecule has 0 unspecified atom stereocenters. The summed E-state index contributed by atoms with van der Waals surface area (Å²) in [5, 5.41) is 21.5. The van der Waals surface area contributed by atoms with Gasteiger partial charge in [-0.2, -0.15) is 0 Å². The lowest BCUT2D eigenvalue weighted by molar-refractivity contribution is -0.386. The van der Waals surface area contributed by atoms with Crippen LogP contribution in [0.4, 0.5) is 17.1 Å². The van der Waals surface area contributed by atoms with Crippen molar-refractivity contribution in [1.29, 1.82) is 0 Å². The Kier molecular flexibility index (Phi) is 3.98. The zero-order valence-corrected chi connectivity index (χ0v) is 10.8. The number of nitro benzene ring substituents is 2. The van der Waals surface area contributed by atoms with Crippen LogP contribution in [-0.4, -0.2) is 9.85 Å². The lowest BCUT2D eigenvalue weighted by Gasteiger charge is -2.07. The van der Waals surface area contributed by atoms with Gasteiger partial charge in [-0.3, -0.25) is 20.2 Å². The number of rotatable bonds is 5. The Morgan fingerprint density at radius 2 is 1.67 bits per heavy atom. The van der Waals surface area contributed by atoms with E-state index >= 15 is 0 Å². The third kappa shape index (κ3) is 3.24. The van der Waals surface area contributed by atoms with Crippen LogP contribution in [0.1, 0.15) is 5.56 Å². The molecule has 0 fully saturated rings. The van der Waals surface area contributed by atoms with E-state index in [0.717, 1.165) is 0 Å². The monoisotopic (exact) mass is 289 g/mol. The summed E-state index contributed by atoms with van der Waals surface area (Å²) in [5.41, 5.74) is 5.82. The fraction of sp³-hybridized carbons (Fsp3) is 0.0769. The first-order valence-corrected chi connectivity index (χ1v) is 5.88. The lowest BCUT2D eigenvalue weighted by atomic mass is 10.2. The number of hydrogen-bond acceptors (Lipinski definition) is 6. The molecule has 0 spiro atoms. The van der Waals surface area contributed by atoms with Gasteiger partial charge in [0.15, 0.2) is 5.75 Å². The lowest BCUT2D eigenvalue weighted by Crippen LogP contribution is -2.01. The maximum atomic E-state index is 10.8. The molecule has 108 valence electrons. The molecule has 0 aliphatic carbocycles. The molecule has 8 heteroatoms. The Balaban J connectivity index is 2.16. The topological polar surface area (TPSA) is 122 Å². The molecule has 0 saturated carbocycles. The molecular weight excluding hydrogens is 278 g/mol. The van der Waals surface area contributed by atoms with E-state index in [-0.39, 0.29) is 29.4 Å². The van der Waals surface area contributed by atoms with Crippen molar-refractivity contribution >= 4 is 17.1 Å². The van der Waals surface area contributed by atoms with Crippen molar-refractivity contribution in [3.63, 3.8) is 0 Å². The van der Waals surface area contributed by atoms with Crippen LogP contribution in [0.2, 0.25) is 0 Å². The largest absolute Gasteiger partial charge is 0.482 e. The molecule has 2 rings (SSSR count). The zero-order valence-electron chi connectivity index (χ0n) is 10.8. The van der Waals surface area contributed by atoms with Crippen LogP contribution in [0.15, 0.2) is 42.5 Å². The maximum absolute atomic E-state index is 10.8. The minimum atomic E-state index is -0.581. The highest BCUT2D eigenvalue weighted by Gasteiger charge is 2.15. The second-order valence-electron chi connectivity index (χ2n) is 4.16. The SMILES string of the molecule is Nc1cc(COc2ccccc2[N+](=O)[O-])ccc1[N+](=O)[O-]. The van der Waals surface area contributed by atoms with Gasteiger partial charge < -0.3 is 10.5 Å². The first-order valence-electron chi connectivity index (χ1n) is 5.88. The Bertz CT molecular complexity index is 702. The highest BCUT2D eigenvalue weighted by molar-refractivity contribution is 5.59. The predicted molar refractivity (Wildman–Crippen MR) is 74.9 cm³/mol. The van der Waals surface area contributed by atoms with E-state index in [4.69, 9.17) is 10.5 Å². The van der Waals surface area contributed by atoms with Crippen LogP contribution >= 0.6 is 0 Å². The van der Waals surface area contributed by atoms with Crippen LogP contribution in [0.3, 0.4) is 0 Å². The number of nitro groups is 2. The molecular formula is C13H11N3O5. The number of para-hydroxylation sites is 2. The molecule has 0 aromatic heterocycles. The molecule has 0 amide bonds. The van der Waals surface area contributed by atoms with Gasteiger partial charge in [0.2, 0.25) is 0 Å². The van der Waals surface area contributed by atoms with Gasteiger partial charge in [-0.25, -0.2) is 0 Å². The van der Waals surface area contributed by atoms with E-state index in [1.807, 2.05) is 0 Å². The van der Waals surface area contributed by atoms with Gasteiger partial charge in [-0.05, 0) is 23.8 Å². The fourth-order valence-corrected chi connectivity index (χ4v) is 1.75. The first kappa shape index (κ1) is 14.3. The molecule has 0 aliphatic rings. The number of benzene rings is 2. The second-order valence-corrected chi connectivity index (χ2v) is 4.16. The summed E-state index contributed by atoms with van der Waals surface area (Å²) < 4.78 is 5.37. The van der Waals surface area contributed by atoms with E-state index in [0.29, 0.717) is 5.56 Å². The predicted octanol–water partition coefficient (Wildman–Crippen LogP) is 2.66. The Labute approximate surface area is 119 Å². The first-order chi connectivity index (χ1) is 9.99. The molecule has 21 heavy (non-hydrogen) atoms. The molecule has 8 nitrogen and oxygen atoms in total. The number of nitrogens with zero attached hydrogens (tertiary/aromatic N) is 2. The van der Waals surface area contributed by atoms with Gasteiger partial charge in [0, 0.05) is 12.1 Å². The molecule has 0 bridgehead atoms. The van der Waals surface area contributed by atoms with Crippen LogP contribution < -0.4 is 10.5 Å². The van der Waals surface area contributed by atoms with Gasteiger partial charge in [0.25, 0.3) is 5.69 Å². The smallest absolute Gasteiger partial charge is 0.310 e. The van der Waals surface area contributed by atoms with Crippen molar-refractivity contribution in [3.8, 4) is 5.75 Å². The average Bonchev–Trinajstić information content (AvgIpc) is 2.45. The second kappa shape index (κ2) is 5.87. The summed E-state index contributed by atoms with van der Waals surface area (Å²) in [7, 11) is 0. The molecule has 2 aromatic rings. The van der Waals surface area contributed by atoms with Crippen molar-refractivity contribution in [1.82, 2.24) is 0 Å². The van der Waals surface area contributed by atoms with Crippen molar-refractivity contribution in [2.75, 3.05) is 5.73 Å². The fourth-order valence-electron chi connectivity index (χ4n) is 1.75. The Hall–Kier alpha value is -3.16. The maximum Gasteiger partial charge on any atom is 0.310 e. The minimum absolute atomic E-state index is 0.0173. The summed E-state index contributed by atoms with van der Waals surface area (Å²) in [4.78, 5) is 20.4. The van der Waals surface area contributed by atoms with Crippen molar-refractivity contribution in [3.05, 3.63) is 68.3 Å². The van der Waals surface area contributed by atoms with Crippen LogP contribution in [0.5, 0.6) is 5.75 Å². The number of hydrogen-bond donors (Lipinski definition) is 1. The van der Waals surface area contributed by atoms with E-state index in [1.54, 1.807) is 6.07 Å². The number of ether oxygens (including phenoxy) is 1. The Morgan fingerprint density at radius 1 is 1.00 bits per heavy atom. The molecule has 0 saturated heterocycles. The molecule has 2 N–H and O–H groups in total. The molecule has 0 heterocycles.